The van der Waals surface area contributed by atoms with Crippen LogP contribution in [0.4, 0.5) is 11.5 Å². The van der Waals surface area contributed by atoms with Crippen molar-refractivity contribution in [3.63, 3.8) is 0 Å². The first-order valence-electron chi connectivity index (χ1n) is 11.9. The molecule has 1 saturated heterocycles. The van der Waals surface area contributed by atoms with Crippen LogP contribution in [0, 0.1) is 18.3 Å². The Morgan fingerprint density at radius 1 is 1.06 bits per heavy atom. The van der Waals surface area contributed by atoms with E-state index < -0.39 is 0 Å². The van der Waals surface area contributed by atoms with Crippen molar-refractivity contribution in [1.29, 1.82) is 5.26 Å². The number of carbonyl (C=O) groups is 1. The molecule has 0 atom stereocenters. The van der Waals surface area contributed by atoms with E-state index in [0.29, 0.717) is 38.7 Å². The van der Waals surface area contributed by atoms with Gasteiger partial charge in [0.25, 0.3) is 0 Å². The molecule has 0 aliphatic carbocycles. The van der Waals surface area contributed by atoms with Gasteiger partial charge in [0.15, 0.2) is 0 Å². The molecular weight excluding hydrogens is 440 g/mol. The Labute approximate surface area is 205 Å². The maximum absolute atomic E-state index is 12.2. The summed E-state index contributed by atoms with van der Waals surface area (Å²) in [6, 6.07) is 15.1. The average molecular weight is 469 g/mol. The molecule has 1 fully saturated rings. The normalized spacial score (nSPS) is 15.9. The molecule has 0 spiro atoms. The third-order valence-electron chi connectivity index (χ3n) is 6.83. The largest absolute Gasteiger partial charge is 0.467 e. The number of fused-ring (bicyclic) bond motifs is 2. The molecule has 2 aliphatic rings. The Balaban J connectivity index is 1.42. The lowest BCUT2D eigenvalue weighted by Crippen LogP contribution is -2.49. The zero-order chi connectivity index (χ0) is 24.4. The highest BCUT2D eigenvalue weighted by molar-refractivity contribution is 5.97. The number of anilines is 2. The molecule has 5 rings (SSSR count). The molecule has 178 valence electrons. The van der Waals surface area contributed by atoms with Crippen molar-refractivity contribution in [2.45, 2.75) is 19.9 Å². The van der Waals surface area contributed by atoms with Crippen LogP contribution in [-0.2, 0) is 17.8 Å². The van der Waals surface area contributed by atoms with Gasteiger partial charge in [-0.2, -0.15) is 15.2 Å². The average Bonchev–Trinajstić information content (AvgIpc) is 2.90. The molecule has 1 aromatic heterocycles. The van der Waals surface area contributed by atoms with Crippen LogP contribution in [0.15, 0.2) is 48.6 Å². The summed E-state index contributed by atoms with van der Waals surface area (Å²) in [5.41, 5.74) is 4.63. The molecule has 2 aromatic carbocycles. The molecule has 0 radical (unpaired) electrons. The number of benzene rings is 2. The monoisotopic (exact) mass is 468 g/mol. The van der Waals surface area contributed by atoms with Gasteiger partial charge in [-0.3, -0.25) is 4.79 Å². The predicted molar refractivity (Wildman–Crippen MR) is 136 cm³/mol. The van der Waals surface area contributed by atoms with E-state index in [2.05, 4.69) is 53.1 Å². The van der Waals surface area contributed by atoms with Crippen molar-refractivity contribution in [2.75, 3.05) is 49.6 Å². The summed E-state index contributed by atoms with van der Waals surface area (Å²) in [4.78, 5) is 28.1. The fourth-order valence-electron chi connectivity index (χ4n) is 5.07. The van der Waals surface area contributed by atoms with Gasteiger partial charge in [0.1, 0.15) is 5.82 Å². The first kappa shape index (κ1) is 22.7. The number of nitriles is 1. The molecule has 2 aliphatic heterocycles. The molecule has 0 bridgehead atoms. The predicted octanol–water partition coefficient (Wildman–Crippen LogP) is 3.24. The summed E-state index contributed by atoms with van der Waals surface area (Å²) >= 11 is 0. The molecule has 8 nitrogen and oxygen atoms in total. The zero-order valence-electron chi connectivity index (χ0n) is 20.1. The van der Waals surface area contributed by atoms with Crippen molar-refractivity contribution in [3.05, 3.63) is 65.4 Å². The van der Waals surface area contributed by atoms with Gasteiger partial charge in [-0.15, -0.1) is 0 Å². The summed E-state index contributed by atoms with van der Waals surface area (Å²) in [5, 5.41) is 11.2. The van der Waals surface area contributed by atoms with E-state index >= 15 is 0 Å². The molecule has 3 aromatic rings. The van der Waals surface area contributed by atoms with Crippen LogP contribution in [0.5, 0.6) is 6.01 Å². The Morgan fingerprint density at radius 3 is 2.57 bits per heavy atom. The minimum absolute atomic E-state index is 0.130. The standard InChI is InChI=1S/C27H28N6O2/c1-19-6-3-7-20-8-4-9-23(25(19)20)33-13-11-21-22(18-33)29-27(35-2)30-26(21)32-16-14-31(15-17-32)24(34)10-5-12-28/h3-10H,11,13-18H2,1-2H3/b10-5-. The van der Waals surface area contributed by atoms with Gasteiger partial charge in [0, 0.05) is 61.5 Å². The van der Waals surface area contributed by atoms with Crippen LogP contribution in [0.25, 0.3) is 10.8 Å². The third kappa shape index (κ3) is 4.37. The first-order chi connectivity index (χ1) is 17.1. The van der Waals surface area contributed by atoms with Gasteiger partial charge in [-0.25, -0.2) is 0 Å². The molecule has 8 heteroatoms. The van der Waals surface area contributed by atoms with Crippen LogP contribution in [-0.4, -0.2) is 60.6 Å². The second-order valence-electron chi connectivity index (χ2n) is 8.86. The van der Waals surface area contributed by atoms with E-state index in [1.54, 1.807) is 12.0 Å². The number of hydrogen-bond acceptors (Lipinski definition) is 7. The lowest BCUT2D eigenvalue weighted by Gasteiger charge is -2.38. The number of allylic oxidation sites excluding steroid dienone is 1. The summed E-state index contributed by atoms with van der Waals surface area (Å²) < 4.78 is 5.47. The highest BCUT2D eigenvalue weighted by Gasteiger charge is 2.29. The lowest BCUT2D eigenvalue weighted by molar-refractivity contribution is -0.126. The van der Waals surface area contributed by atoms with Crippen molar-refractivity contribution in [3.8, 4) is 12.1 Å². The molecule has 0 N–H and O–H groups in total. The molecule has 3 heterocycles. The second kappa shape index (κ2) is 9.63. The number of nitrogens with zero attached hydrogens (tertiary/aromatic N) is 6. The Morgan fingerprint density at radius 2 is 1.83 bits per heavy atom. The molecule has 0 unspecified atom stereocenters. The lowest BCUT2D eigenvalue weighted by atomic mass is 9.99. The Kier molecular flexibility index (Phi) is 6.23. The van der Waals surface area contributed by atoms with Gasteiger partial charge in [0.05, 0.1) is 25.4 Å². The van der Waals surface area contributed by atoms with Gasteiger partial charge < -0.3 is 19.4 Å². The van der Waals surface area contributed by atoms with Gasteiger partial charge in [-0.05, 0) is 30.4 Å². The number of ether oxygens (including phenoxy) is 1. The van der Waals surface area contributed by atoms with Crippen LogP contribution in [0.3, 0.4) is 0 Å². The topological polar surface area (TPSA) is 85.6 Å². The van der Waals surface area contributed by atoms with E-state index in [-0.39, 0.29) is 5.91 Å². The smallest absolute Gasteiger partial charge is 0.318 e. The summed E-state index contributed by atoms with van der Waals surface area (Å²) in [5.74, 6) is 0.773. The number of rotatable bonds is 4. The van der Waals surface area contributed by atoms with E-state index in [1.165, 1.54) is 34.2 Å². The maximum Gasteiger partial charge on any atom is 0.318 e. The summed E-state index contributed by atoms with van der Waals surface area (Å²) in [7, 11) is 1.60. The SMILES string of the molecule is COc1nc2c(c(N3CCN(C(=O)/C=C\C#N)CC3)n1)CCN(c1cccc3cccc(C)c13)C2. The minimum Gasteiger partial charge on any atom is -0.467 e. The van der Waals surface area contributed by atoms with E-state index in [1.807, 2.05) is 6.07 Å². The van der Waals surface area contributed by atoms with Crippen LogP contribution in [0.2, 0.25) is 0 Å². The van der Waals surface area contributed by atoms with E-state index in [4.69, 9.17) is 20.0 Å². The minimum atomic E-state index is -0.130. The zero-order valence-corrected chi connectivity index (χ0v) is 20.1. The third-order valence-corrected chi connectivity index (χ3v) is 6.83. The molecule has 0 saturated carbocycles. The number of methoxy groups -OCH3 is 1. The summed E-state index contributed by atoms with van der Waals surface area (Å²) in [6.07, 6.45) is 3.39. The number of amides is 1. The van der Waals surface area contributed by atoms with E-state index in [9.17, 15) is 4.79 Å². The van der Waals surface area contributed by atoms with Crippen molar-refractivity contribution < 1.29 is 9.53 Å². The maximum atomic E-state index is 12.2. The van der Waals surface area contributed by atoms with Crippen LogP contribution >= 0.6 is 0 Å². The Hall–Kier alpha value is -4.12. The second-order valence-corrected chi connectivity index (χ2v) is 8.86. The molecule has 1 amide bonds. The number of piperazine rings is 1. The van der Waals surface area contributed by atoms with Crippen molar-refractivity contribution in [1.82, 2.24) is 14.9 Å². The number of aryl methyl sites for hydroxylation is 1. The fraction of sp³-hybridized carbons (Fsp3) is 0.333. The fourth-order valence-corrected chi connectivity index (χ4v) is 5.07. The van der Waals surface area contributed by atoms with Crippen LogP contribution in [0.1, 0.15) is 16.8 Å². The number of aromatic nitrogens is 2. The van der Waals surface area contributed by atoms with Gasteiger partial charge >= 0.3 is 6.01 Å². The van der Waals surface area contributed by atoms with Crippen LogP contribution < -0.4 is 14.5 Å². The summed E-state index contributed by atoms with van der Waals surface area (Å²) in [6.45, 7) is 6.23. The molecule has 35 heavy (non-hydrogen) atoms. The van der Waals surface area contributed by atoms with Gasteiger partial charge in [-0.1, -0.05) is 30.3 Å². The number of carbonyl (C=O) groups excluding carboxylic acids is 1. The van der Waals surface area contributed by atoms with Crippen molar-refractivity contribution in [2.24, 2.45) is 0 Å². The van der Waals surface area contributed by atoms with Crippen molar-refractivity contribution >= 4 is 28.2 Å². The quantitative estimate of drug-likeness (QED) is 0.429. The highest BCUT2D eigenvalue weighted by Crippen LogP contribution is 2.35. The van der Waals surface area contributed by atoms with E-state index in [0.717, 1.165) is 30.0 Å². The molecular formula is C27H28N6O2. The first-order valence-corrected chi connectivity index (χ1v) is 11.9. The Bertz CT molecular complexity index is 1330. The highest BCUT2D eigenvalue weighted by atomic mass is 16.5. The number of hydrogen-bond donors (Lipinski definition) is 0. The van der Waals surface area contributed by atoms with Gasteiger partial charge in [0.2, 0.25) is 5.91 Å².